The molecule has 9 nitrogen and oxygen atoms in total. The quantitative estimate of drug-likeness (QED) is 0.356. The van der Waals surface area contributed by atoms with Crippen molar-refractivity contribution in [1.29, 1.82) is 5.26 Å². The minimum absolute atomic E-state index is 0.00687. The van der Waals surface area contributed by atoms with E-state index in [2.05, 4.69) is 26.2 Å². The number of alkyl halides is 1. The molecule has 1 aromatic heterocycles. The van der Waals surface area contributed by atoms with Gasteiger partial charge in [0.15, 0.2) is 11.6 Å². The third-order valence-corrected chi connectivity index (χ3v) is 11.8. The first-order chi connectivity index (χ1) is 22.2. The number of nitrogens with two attached hydrogens (primary N) is 1. The Balaban J connectivity index is 1.33. The Morgan fingerprint density at radius 2 is 2.17 bits per heavy atom. The van der Waals surface area contributed by atoms with Crippen molar-refractivity contribution < 1.29 is 22.6 Å². The molecule has 4 unspecified atom stereocenters. The van der Waals surface area contributed by atoms with Gasteiger partial charge in [0.25, 0.3) is 0 Å². The number of hydrogen-bond donors (Lipinski definition) is 2. The molecule has 0 spiro atoms. The summed E-state index contributed by atoms with van der Waals surface area (Å²) in [7, 11) is 1.87. The van der Waals surface area contributed by atoms with Gasteiger partial charge in [-0.3, -0.25) is 4.90 Å². The molecule has 5 heterocycles. The molecular formula is C32H33ClF3N7O2S. The van der Waals surface area contributed by atoms with E-state index in [-0.39, 0.29) is 56.9 Å². The number of benzene rings is 2. The predicted octanol–water partition coefficient (Wildman–Crippen LogP) is 4.99. The summed E-state index contributed by atoms with van der Waals surface area (Å²) in [4.78, 5) is 14.0. The molecule has 3 aromatic rings. The van der Waals surface area contributed by atoms with Gasteiger partial charge >= 0.3 is 6.01 Å². The van der Waals surface area contributed by atoms with Gasteiger partial charge in [-0.15, -0.1) is 11.8 Å². The summed E-state index contributed by atoms with van der Waals surface area (Å²) in [6.07, 6.45) is 2.06. The zero-order valence-corrected chi connectivity index (χ0v) is 26.7. The van der Waals surface area contributed by atoms with Crippen molar-refractivity contribution in [2.45, 2.75) is 59.6 Å². The first-order valence-corrected chi connectivity index (χ1v) is 16.9. The fourth-order valence-corrected chi connectivity index (χ4v) is 9.38. The van der Waals surface area contributed by atoms with E-state index < -0.39 is 34.6 Å². The van der Waals surface area contributed by atoms with Gasteiger partial charge in [0.1, 0.15) is 29.9 Å². The van der Waals surface area contributed by atoms with Crippen LogP contribution in [0.15, 0.2) is 17.0 Å². The average molecular weight is 672 g/mol. The van der Waals surface area contributed by atoms with Gasteiger partial charge in [-0.25, -0.2) is 13.2 Å². The van der Waals surface area contributed by atoms with Gasteiger partial charge in [0, 0.05) is 48.5 Å². The monoisotopic (exact) mass is 671 g/mol. The van der Waals surface area contributed by atoms with Crippen LogP contribution < -0.4 is 25.4 Å². The Labute approximate surface area is 273 Å². The van der Waals surface area contributed by atoms with Gasteiger partial charge in [-0.2, -0.15) is 15.2 Å². The van der Waals surface area contributed by atoms with Crippen LogP contribution >= 0.6 is 23.4 Å². The standard InChI is InChI=1S/C32H33ClF3N7O2S/c1-39-6-8-43-20-9-15(20)13-44-27-23-26(40-31(41-30(23)43)45-14-32-5-2-7-42(32)12-16(34)10-32)25(36)22(24(27)33)17-3-4-19(35)28-21(17)18(11-37)29(38)46-28/h3-4,15-16,18,20,29,39H,2,5-10,12-14,38H2,1H3/t15?,16-,18?,20?,29?,32+/m1/s1. The van der Waals surface area contributed by atoms with Crippen LogP contribution in [0.5, 0.6) is 11.8 Å². The highest BCUT2D eigenvalue weighted by atomic mass is 35.5. The summed E-state index contributed by atoms with van der Waals surface area (Å²) in [5.41, 5.74) is 6.22. The lowest BCUT2D eigenvalue weighted by Gasteiger charge is -2.32. The normalized spacial score (nSPS) is 29.5. The van der Waals surface area contributed by atoms with E-state index in [4.69, 9.17) is 31.8 Å². The van der Waals surface area contributed by atoms with Gasteiger partial charge in [0.05, 0.1) is 39.9 Å². The molecular weight excluding hydrogens is 639 g/mol. The summed E-state index contributed by atoms with van der Waals surface area (Å²) >= 11 is 8.10. The van der Waals surface area contributed by atoms with E-state index >= 15 is 4.39 Å². The lowest BCUT2D eigenvalue weighted by Crippen LogP contribution is -2.43. The number of hydrogen-bond acceptors (Lipinski definition) is 10. The molecule has 0 radical (unpaired) electrons. The minimum atomic E-state index is -0.929. The molecule has 3 N–H and O–H groups in total. The Kier molecular flexibility index (Phi) is 7.45. The van der Waals surface area contributed by atoms with E-state index in [1.165, 1.54) is 12.1 Å². The molecule has 2 aromatic carbocycles. The molecule has 2 saturated heterocycles. The molecule has 6 atom stereocenters. The topological polar surface area (TPSA) is 113 Å². The molecule has 0 amide bonds. The Hall–Kier alpha value is -3.02. The third kappa shape index (κ3) is 4.63. The van der Waals surface area contributed by atoms with Crippen molar-refractivity contribution in [3.8, 4) is 29.0 Å². The number of aromatic nitrogens is 2. The summed E-state index contributed by atoms with van der Waals surface area (Å²) in [6.45, 7) is 2.97. The highest BCUT2D eigenvalue weighted by Crippen LogP contribution is 2.55. The predicted molar refractivity (Wildman–Crippen MR) is 169 cm³/mol. The van der Waals surface area contributed by atoms with Crippen molar-refractivity contribution >= 4 is 40.1 Å². The number of ether oxygens (including phenoxy) is 2. The molecule has 0 bridgehead atoms. The van der Waals surface area contributed by atoms with E-state index in [1.807, 2.05) is 7.05 Å². The molecule has 4 aliphatic heterocycles. The first-order valence-electron chi connectivity index (χ1n) is 15.7. The van der Waals surface area contributed by atoms with Crippen LogP contribution in [-0.4, -0.2) is 84.4 Å². The molecule has 1 aliphatic carbocycles. The highest BCUT2D eigenvalue weighted by molar-refractivity contribution is 8.00. The van der Waals surface area contributed by atoms with Gasteiger partial charge in [-0.05, 0) is 50.0 Å². The van der Waals surface area contributed by atoms with Crippen LogP contribution in [-0.2, 0) is 0 Å². The number of thioether (sulfide) groups is 1. The van der Waals surface area contributed by atoms with Gasteiger partial charge in [0.2, 0.25) is 0 Å². The number of nitrogens with one attached hydrogen (secondary N) is 1. The fraction of sp³-hybridized carbons (Fsp3) is 0.531. The summed E-state index contributed by atoms with van der Waals surface area (Å²) in [5, 5.41) is 12.8. The number of nitrogens with zero attached hydrogens (tertiary/aromatic N) is 5. The minimum Gasteiger partial charge on any atom is -0.491 e. The van der Waals surface area contributed by atoms with E-state index in [0.717, 1.165) is 37.6 Å². The SMILES string of the molecule is CNCCN1c2nc(OC[C@@]34CCCN3C[C@H](F)C4)nc3c(F)c(-c4ccc(F)c5c4C(C#N)C(N)S5)c(Cl)c(c23)OCC2CC21. The van der Waals surface area contributed by atoms with Crippen molar-refractivity contribution in [1.82, 2.24) is 20.2 Å². The first kappa shape index (κ1) is 30.3. The lowest BCUT2D eigenvalue weighted by atomic mass is 9.90. The summed E-state index contributed by atoms with van der Waals surface area (Å²) < 4.78 is 59.3. The van der Waals surface area contributed by atoms with Crippen LogP contribution in [0.25, 0.3) is 22.0 Å². The summed E-state index contributed by atoms with van der Waals surface area (Å²) in [6, 6.07) is 4.94. The number of rotatable bonds is 7. The van der Waals surface area contributed by atoms with Crippen LogP contribution in [0.2, 0.25) is 5.02 Å². The van der Waals surface area contributed by atoms with E-state index in [1.54, 1.807) is 0 Å². The number of nitriles is 1. The van der Waals surface area contributed by atoms with Crippen molar-refractivity contribution in [2.75, 3.05) is 51.3 Å². The number of likely N-dealkylation sites (N-methyl/N-ethyl adjacent to an activating group) is 1. The fourth-order valence-electron chi connectivity index (χ4n) is 7.90. The number of halogens is 4. The van der Waals surface area contributed by atoms with Gasteiger partial charge < -0.3 is 25.4 Å². The maximum Gasteiger partial charge on any atom is 0.319 e. The van der Waals surface area contributed by atoms with E-state index in [9.17, 15) is 14.0 Å². The second-order valence-electron chi connectivity index (χ2n) is 12.9. The number of fused-ring (bicyclic) bond motifs is 3. The molecule has 242 valence electrons. The summed E-state index contributed by atoms with van der Waals surface area (Å²) in [5.74, 6) is -1.29. The Morgan fingerprint density at radius 1 is 1.33 bits per heavy atom. The van der Waals surface area contributed by atoms with Gasteiger partial charge in [-0.1, -0.05) is 17.7 Å². The van der Waals surface area contributed by atoms with Crippen molar-refractivity contribution in [3.63, 3.8) is 0 Å². The second kappa shape index (κ2) is 11.3. The van der Waals surface area contributed by atoms with Crippen LogP contribution in [0.3, 0.4) is 0 Å². The molecule has 3 fully saturated rings. The smallest absolute Gasteiger partial charge is 0.319 e. The Bertz CT molecular complexity index is 1800. The molecule has 5 aliphatic rings. The zero-order chi connectivity index (χ0) is 31.9. The maximum atomic E-state index is 17.2. The molecule has 1 saturated carbocycles. The third-order valence-electron chi connectivity index (χ3n) is 10.2. The average Bonchev–Trinajstić information content (AvgIpc) is 3.37. The highest BCUT2D eigenvalue weighted by Gasteiger charge is 2.50. The lowest BCUT2D eigenvalue weighted by molar-refractivity contribution is 0.107. The van der Waals surface area contributed by atoms with Crippen LogP contribution in [0, 0.1) is 28.9 Å². The molecule has 8 rings (SSSR count). The van der Waals surface area contributed by atoms with Crippen molar-refractivity contribution in [2.24, 2.45) is 11.7 Å². The number of anilines is 1. The zero-order valence-electron chi connectivity index (χ0n) is 25.2. The van der Waals surface area contributed by atoms with E-state index in [0.29, 0.717) is 49.4 Å². The molecule has 46 heavy (non-hydrogen) atoms. The van der Waals surface area contributed by atoms with Crippen LogP contribution in [0.1, 0.15) is 37.2 Å². The van der Waals surface area contributed by atoms with Crippen molar-refractivity contribution in [3.05, 3.63) is 34.4 Å². The Morgan fingerprint density at radius 3 is 2.98 bits per heavy atom. The molecule has 14 heteroatoms. The maximum absolute atomic E-state index is 17.2. The van der Waals surface area contributed by atoms with Crippen LogP contribution in [0.4, 0.5) is 19.0 Å². The second-order valence-corrected chi connectivity index (χ2v) is 14.5. The largest absolute Gasteiger partial charge is 0.491 e.